The SMILES string of the molecule is O=C(O)c1ccc(NP(=O)(c2ccccc2)c2ccccc2)cc1C(=O)O. The van der Waals surface area contributed by atoms with Crippen molar-refractivity contribution >= 4 is 35.5 Å². The third kappa shape index (κ3) is 3.76. The van der Waals surface area contributed by atoms with Crippen LogP contribution in [0.3, 0.4) is 0 Å². The van der Waals surface area contributed by atoms with Gasteiger partial charge in [0.25, 0.3) is 0 Å². The first kappa shape index (κ1) is 18.4. The van der Waals surface area contributed by atoms with Crippen LogP contribution in [-0.4, -0.2) is 22.2 Å². The maximum absolute atomic E-state index is 13.9. The van der Waals surface area contributed by atoms with Crippen LogP contribution in [-0.2, 0) is 4.57 Å². The maximum atomic E-state index is 13.9. The zero-order valence-corrected chi connectivity index (χ0v) is 15.0. The number of aromatic carboxylic acids is 2. The van der Waals surface area contributed by atoms with Crippen LogP contribution >= 0.6 is 7.29 Å². The van der Waals surface area contributed by atoms with Crippen molar-refractivity contribution < 1.29 is 24.4 Å². The lowest BCUT2D eigenvalue weighted by Crippen LogP contribution is -2.22. The van der Waals surface area contributed by atoms with Gasteiger partial charge in [-0.25, -0.2) is 9.59 Å². The van der Waals surface area contributed by atoms with Crippen LogP contribution in [0.25, 0.3) is 0 Å². The van der Waals surface area contributed by atoms with Crippen molar-refractivity contribution in [3.05, 3.63) is 90.0 Å². The first-order valence-electron chi connectivity index (χ1n) is 8.02. The van der Waals surface area contributed by atoms with E-state index in [1.54, 1.807) is 48.5 Å². The fourth-order valence-corrected chi connectivity index (χ4v) is 4.96. The Morgan fingerprint density at radius 2 is 1.19 bits per heavy atom. The minimum absolute atomic E-state index is 0.258. The van der Waals surface area contributed by atoms with Crippen molar-refractivity contribution in [2.75, 3.05) is 5.09 Å². The molecule has 0 fully saturated rings. The number of hydrogen-bond donors (Lipinski definition) is 3. The monoisotopic (exact) mass is 381 g/mol. The van der Waals surface area contributed by atoms with Crippen LogP contribution in [0.2, 0.25) is 0 Å². The second-order valence-corrected chi connectivity index (χ2v) is 8.24. The molecule has 0 aliphatic heterocycles. The first-order chi connectivity index (χ1) is 12.9. The Morgan fingerprint density at radius 3 is 1.63 bits per heavy atom. The summed E-state index contributed by atoms with van der Waals surface area (Å²) in [6.45, 7) is 0. The van der Waals surface area contributed by atoms with E-state index in [0.29, 0.717) is 10.6 Å². The van der Waals surface area contributed by atoms with Crippen molar-refractivity contribution in [1.29, 1.82) is 0 Å². The molecule has 6 nitrogen and oxygen atoms in total. The van der Waals surface area contributed by atoms with Gasteiger partial charge in [0.15, 0.2) is 0 Å². The van der Waals surface area contributed by atoms with Crippen molar-refractivity contribution in [2.24, 2.45) is 0 Å². The van der Waals surface area contributed by atoms with Crippen molar-refractivity contribution in [1.82, 2.24) is 0 Å². The molecule has 27 heavy (non-hydrogen) atoms. The molecular weight excluding hydrogens is 365 g/mol. The fourth-order valence-electron chi connectivity index (χ4n) is 2.71. The number of anilines is 1. The number of carboxylic acids is 2. The lowest BCUT2D eigenvalue weighted by Gasteiger charge is -2.22. The Balaban J connectivity index is 2.11. The Bertz CT molecular complexity index is 991. The lowest BCUT2D eigenvalue weighted by molar-refractivity contribution is 0.0651. The highest BCUT2D eigenvalue weighted by atomic mass is 31.2. The molecule has 7 heteroatoms. The van der Waals surface area contributed by atoms with Gasteiger partial charge in [0.1, 0.15) is 0 Å². The molecule has 0 aliphatic carbocycles. The zero-order chi connectivity index (χ0) is 19.4. The van der Waals surface area contributed by atoms with E-state index in [1.807, 2.05) is 12.1 Å². The van der Waals surface area contributed by atoms with Crippen LogP contribution in [0, 0.1) is 0 Å². The van der Waals surface area contributed by atoms with E-state index in [2.05, 4.69) is 5.09 Å². The smallest absolute Gasteiger partial charge is 0.336 e. The second-order valence-electron chi connectivity index (χ2n) is 5.76. The van der Waals surface area contributed by atoms with Gasteiger partial charge in [0.05, 0.1) is 11.1 Å². The predicted molar refractivity (Wildman–Crippen MR) is 104 cm³/mol. The van der Waals surface area contributed by atoms with Gasteiger partial charge in [-0.3, -0.25) is 4.57 Å². The molecule has 3 aromatic carbocycles. The van der Waals surface area contributed by atoms with Crippen molar-refractivity contribution in [2.45, 2.75) is 0 Å². The van der Waals surface area contributed by atoms with Crippen LogP contribution in [0.1, 0.15) is 20.7 Å². The molecule has 0 aliphatic rings. The van der Waals surface area contributed by atoms with E-state index in [-0.39, 0.29) is 16.8 Å². The zero-order valence-electron chi connectivity index (χ0n) is 14.1. The minimum atomic E-state index is -3.33. The summed E-state index contributed by atoms with van der Waals surface area (Å²) in [5, 5.41) is 22.5. The molecule has 0 bridgehead atoms. The molecule has 0 aromatic heterocycles. The third-order valence-corrected chi connectivity index (χ3v) is 6.63. The van der Waals surface area contributed by atoms with Gasteiger partial charge >= 0.3 is 11.9 Å². The topological polar surface area (TPSA) is 104 Å². The molecule has 0 spiro atoms. The Morgan fingerprint density at radius 1 is 0.704 bits per heavy atom. The molecule has 136 valence electrons. The van der Waals surface area contributed by atoms with E-state index in [9.17, 15) is 19.3 Å². The van der Waals surface area contributed by atoms with Crippen LogP contribution in [0.4, 0.5) is 5.69 Å². The number of hydrogen-bond acceptors (Lipinski definition) is 3. The summed E-state index contributed by atoms with van der Waals surface area (Å²) in [5.74, 6) is -2.71. The van der Waals surface area contributed by atoms with Gasteiger partial charge in [-0.05, 0) is 42.5 Å². The van der Waals surface area contributed by atoms with Gasteiger partial charge < -0.3 is 15.3 Å². The average molecular weight is 381 g/mol. The highest BCUT2D eigenvalue weighted by Crippen LogP contribution is 2.43. The van der Waals surface area contributed by atoms with Gasteiger partial charge in [0.2, 0.25) is 7.29 Å². The van der Waals surface area contributed by atoms with Crippen molar-refractivity contribution in [3.8, 4) is 0 Å². The summed E-state index contributed by atoms with van der Waals surface area (Å²) in [4.78, 5) is 22.7. The molecule has 0 unspecified atom stereocenters. The molecule has 3 aromatic rings. The van der Waals surface area contributed by atoms with Gasteiger partial charge in [-0.15, -0.1) is 0 Å². The quantitative estimate of drug-likeness (QED) is 0.565. The highest BCUT2D eigenvalue weighted by molar-refractivity contribution is 7.80. The van der Waals surface area contributed by atoms with E-state index in [4.69, 9.17) is 5.11 Å². The van der Waals surface area contributed by atoms with Crippen molar-refractivity contribution in [3.63, 3.8) is 0 Å². The highest BCUT2D eigenvalue weighted by Gasteiger charge is 2.28. The van der Waals surface area contributed by atoms with Gasteiger partial charge in [-0.1, -0.05) is 36.4 Å². The average Bonchev–Trinajstić information content (AvgIpc) is 2.69. The molecule has 0 heterocycles. The number of nitrogens with one attached hydrogen (secondary N) is 1. The van der Waals surface area contributed by atoms with Gasteiger partial charge in [0, 0.05) is 16.3 Å². The summed E-state index contributed by atoms with van der Waals surface area (Å²) >= 11 is 0. The summed E-state index contributed by atoms with van der Waals surface area (Å²) in [5.41, 5.74) is -0.448. The van der Waals surface area contributed by atoms with Gasteiger partial charge in [-0.2, -0.15) is 0 Å². The summed E-state index contributed by atoms with van der Waals surface area (Å²) < 4.78 is 13.9. The summed E-state index contributed by atoms with van der Waals surface area (Å²) in [7, 11) is -3.33. The largest absolute Gasteiger partial charge is 0.478 e. The third-order valence-electron chi connectivity index (χ3n) is 4.01. The molecule has 0 amide bonds. The Labute approximate surface area is 155 Å². The lowest BCUT2D eigenvalue weighted by atomic mass is 10.1. The number of carbonyl (C=O) groups is 2. The normalized spacial score (nSPS) is 11.0. The minimum Gasteiger partial charge on any atom is -0.478 e. The van der Waals surface area contributed by atoms with Crippen LogP contribution < -0.4 is 15.7 Å². The molecule has 3 N–H and O–H groups in total. The van der Waals surface area contributed by atoms with E-state index >= 15 is 0 Å². The maximum Gasteiger partial charge on any atom is 0.336 e. The molecule has 0 radical (unpaired) electrons. The number of rotatable bonds is 6. The standard InChI is InChI=1S/C20H16NO5P/c22-19(23)17-12-11-14(13-18(17)20(24)25)21-27(26,15-7-3-1-4-8-15)16-9-5-2-6-10-16/h1-13H,(H,21,26)(H,22,23)(H,24,25). The van der Waals surface area contributed by atoms with E-state index in [1.165, 1.54) is 18.2 Å². The second kappa shape index (κ2) is 7.48. The molecule has 0 saturated carbocycles. The summed E-state index contributed by atoms with van der Waals surface area (Å²) in [6.07, 6.45) is 0. The Hall–Kier alpha value is -3.37. The number of benzene rings is 3. The van der Waals surface area contributed by atoms with E-state index < -0.39 is 19.2 Å². The fraction of sp³-hybridized carbons (Fsp3) is 0. The molecular formula is C20H16NO5P. The number of carboxylic acid groups (broad SMARTS) is 2. The molecule has 3 rings (SSSR count). The molecule has 0 saturated heterocycles. The van der Waals surface area contributed by atoms with E-state index in [0.717, 1.165) is 0 Å². The first-order valence-corrected chi connectivity index (χ1v) is 9.73. The van der Waals surface area contributed by atoms with Crippen LogP contribution in [0.15, 0.2) is 78.9 Å². The Kier molecular flexibility index (Phi) is 5.10. The molecule has 0 atom stereocenters. The van der Waals surface area contributed by atoms with Crippen LogP contribution in [0.5, 0.6) is 0 Å². The predicted octanol–water partition coefficient (Wildman–Crippen LogP) is 3.42. The summed E-state index contributed by atoms with van der Waals surface area (Å²) in [6, 6.07) is 21.4.